The molecule has 13 atom stereocenters. The van der Waals surface area contributed by atoms with Crippen molar-refractivity contribution in [1.82, 2.24) is 62.7 Å². The number of primary amides is 2. The van der Waals surface area contributed by atoms with Gasteiger partial charge in [0.15, 0.2) is 0 Å². The SMILES string of the molecule is CC[C@H](C)[C@@H]1NC(=O)[C@H]([C@@H](C)CC)NC(=O)[C@@H](CC(N)=O)NC(=O)[C@@H](CCCNC(N)=O)NC(=O)[C@@H]2CCCN2C(=O)[C@H](Cc2cnc[nH]2)NC(=O)[C@H]([C@@H](C)CC)NC(=O)[C@@H](Cc2ccc(O)cc2)NC(=O)[C@H]([C@@H](C)CC)NC1=O. The van der Waals surface area contributed by atoms with Gasteiger partial charge in [0.1, 0.15) is 60.1 Å². The van der Waals surface area contributed by atoms with E-state index in [0.29, 0.717) is 43.4 Å². The molecule has 0 unspecified atom stereocenters. The Bertz CT molecular complexity index is 2480. The summed E-state index contributed by atoms with van der Waals surface area (Å²) in [5, 5.41) is 34.4. The molecule has 0 bridgehead atoms. The van der Waals surface area contributed by atoms with Crippen LogP contribution in [0.5, 0.6) is 5.75 Å². The van der Waals surface area contributed by atoms with E-state index >= 15 is 0 Å². The standard InChI is InChI=1S/C54H84N14O12/c1-9-28(5)41-50(76)63-38(24-33-26-57-27-59-33)53(79)68-22-14-16-39(68)48(74)60-35(15-13-21-58-54(56)80)45(71)61-37(25-40(55)70)47(73)65-43(30(7)11-3)51(77)67-44(31(8)12-4)52(78)66-42(29(6)10-2)49(75)62-36(46(72)64-41)23-32-17-19-34(69)20-18-32/h17-20,26-31,35-39,41-44,69H,9-16,21-25H2,1-8H3,(H2,55,70)(H,57,59)(H,60,74)(H,61,71)(H,62,75)(H,63,76)(H,64,72)(H,65,73)(H,66,78)(H,67,77)(H3,56,58,80)/t28-,29-,30-,31-,35+,36+,37+,38-,39-,41-,42-,43-,44-/m0/s1. The average molecular weight is 1120 g/mol. The lowest BCUT2D eigenvalue weighted by molar-refractivity contribution is -0.143. The van der Waals surface area contributed by atoms with Crippen LogP contribution in [0.1, 0.15) is 124 Å². The Balaban J connectivity index is 1.90. The van der Waals surface area contributed by atoms with Crippen LogP contribution in [0, 0.1) is 23.7 Å². The summed E-state index contributed by atoms with van der Waals surface area (Å²) in [6, 6.07) is -7.29. The summed E-state index contributed by atoms with van der Waals surface area (Å²) in [7, 11) is 0. The fourth-order valence-corrected chi connectivity index (χ4v) is 9.46. The number of nitrogens with zero attached hydrogens (tertiary/aromatic N) is 2. The first-order valence-corrected chi connectivity index (χ1v) is 27.7. The first-order chi connectivity index (χ1) is 37.9. The third-order valence-corrected chi connectivity index (χ3v) is 15.3. The highest BCUT2D eigenvalue weighted by Crippen LogP contribution is 2.22. The Morgan fingerprint density at radius 3 is 1.54 bits per heavy atom. The fraction of sp³-hybridized carbons (Fsp3) is 0.630. The largest absolute Gasteiger partial charge is 0.508 e. The fourth-order valence-electron chi connectivity index (χ4n) is 9.46. The van der Waals surface area contributed by atoms with Crippen LogP contribution in [0.4, 0.5) is 4.79 Å². The lowest BCUT2D eigenvalue weighted by atomic mass is 9.93. The van der Waals surface area contributed by atoms with E-state index in [-0.39, 0.29) is 50.9 Å². The van der Waals surface area contributed by atoms with Crippen LogP contribution in [0.2, 0.25) is 0 Å². The van der Waals surface area contributed by atoms with Crippen LogP contribution in [-0.4, -0.2) is 153 Å². The van der Waals surface area contributed by atoms with E-state index in [2.05, 4.69) is 57.8 Å². The van der Waals surface area contributed by atoms with Gasteiger partial charge in [0.05, 0.1) is 12.7 Å². The lowest BCUT2D eigenvalue weighted by Crippen LogP contribution is -2.63. The number of phenols is 1. The van der Waals surface area contributed by atoms with E-state index in [4.69, 9.17) is 11.5 Å². The molecular formula is C54H84N14O12. The molecule has 442 valence electrons. The number of aromatic nitrogens is 2. The number of fused-ring (bicyclic) bond motifs is 1. The molecule has 26 nitrogen and oxygen atoms in total. The number of H-pyrrole nitrogens is 1. The zero-order chi connectivity index (χ0) is 59.4. The van der Waals surface area contributed by atoms with Gasteiger partial charge in [-0.2, -0.15) is 0 Å². The number of hydrogen-bond donors (Lipinski definition) is 13. The van der Waals surface area contributed by atoms with Crippen LogP contribution < -0.4 is 59.3 Å². The van der Waals surface area contributed by atoms with Gasteiger partial charge in [-0.05, 0) is 67.1 Å². The van der Waals surface area contributed by atoms with Crippen molar-refractivity contribution in [1.29, 1.82) is 0 Å². The molecule has 15 N–H and O–H groups in total. The molecule has 26 heteroatoms. The number of rotatable bonds is 18. The van der Waals surface area contributed by atoms with Gasteiger partial charge in [0.25, 0.3) is 0 Å². The molecule has 1 aromatic carbocycles. The van der Waals surface area contributed by atoms with Gasteiger partial charge >= 0.3 is 6.03 Å². The highest BCUT2D eigenvalue weighted by molar-refractivity contribution is 6.00. The number of nitrogens with two attached hydrogens (primary N) is 2. The topological polar surface area (TPSA) is 400 Å². The molecule has 2 aliphatic heterocycles. The van der Waals surface area contributed by atoms with Crippen LogP contribution in [0.15, 0.2) is 36.8 Å². The number of urea groups is 1. The molecule has 12 amide bonds. The van der Waals surface area contributed by atoms with Crippen molar-refractivity contribution in [3.63, 3.8) is 0 Å². The first-order valence-electron chi connectivity index (χ1n) is 27.7. The normalized spacial score (nSPS) is 26.0. The third-order valence-electron chi connectivity index (χ3n) is 15.3. The van der Waals surface area contributed by atoms with Gasteiger partial charge < -0.3 is 74.3 Å². The number of carbonyl (C=O) groups is 11. The van der Waals surface area contributed by atoms with Crippen molar-refractivity contribution < 1.29 is 57.8 Å². The molecule has 4 rings (SSSR count). The molecule has 2 aliphatic rings. The number of amides is 12. The molecule has 2 saturated heterocycles. The number of nitrogens with one attached hydrogen (secondary N) is 10. The first kappa shape index (κ1) is 64.7. The molecule has 0 radical (unpaired) electrons. The molecule has 3 heterocycles. The smallest absolute Gasteiger partial charge is 0.312 e. The Morgan fingerprint density at radius 2 is 1.06 bits per heavy atom. The number of carbonyl (C=O) groups excluding carboxylic acids is 11. The average Bonchev–Trinajstić information content (AvgIpc) is 4.16. The number of benzene rings is 1. The van der Waals surface area contributed by atoms with Gasteiger partial charge in [-0.1, -0.05) is 93.2 Å². The van der Waals surface area contributed by atoms with Crippen LogP contribution in [0.3, 0.4) is 0 Å². The quantitative estimate of drug-likeness (QED) is 0.0822. The maximum absolute atomic E-state index is 14.9. The lowest BCUT2D eigenvalue weighted by Gasteiger charge is -2.32. The summed E-state index contributed by atoms with van der Waals surface area (Å²) in [5.41, 5.74) is 11.8. The van der Waals surface area contributed by atoms with Crippen molar-refractivity contribution in [2.24, 2.45) is 35.1 Å². The van der Waals surface area contributed by atoms with E-state index in [1.165, 1.54) is 29.6 Å². The van der Waals surface area contributed by atoms with E-state index in [1.54, 1.807) is 67.5 Å². The maximum Gasteiger partial charge on any atom is 0.312 e. The van der Waals surface area contributed by atoms with Crippen LogP contribution >= 0.6 is 0 Å². The maximum atomic E-state index is 14.9. The molecule has 0 aliphatic carbocycles. The second kappa shape index (κ2) is 31.1. The monoisotopic (exact) mass is 1120 g/mol. The molecule has 2 aromatic rings. The highest BCUT2D eigenvalue weighted by atomic mass is 16.3. The Kier molecular flexibility index (Phi) is 25.2. The van der Waals surface area contributed by atoms with Gasteiger partial charge in [0, 0.05) is 37.8 Å². The van der Waals surface area contributed by atoms with Gasteiger partial charge in [-0.25, -0.2) is 9.78 Å². The van der Waals surface area contributed by atoms with E-state index in [0.717, 1.165) is 0 Å². The zero-order valence-corrected chi connectivity index (χ0v) is 47.1. The minimum Gasteiger partial charge on any atom is -0.508 e. The summed E-state index contributed by atoms with van der Waals surface area (Å²) in [6.07, 6.45) is 3.56. The van der Waals surface area contributed by atoms with Gasteiger partial charge in [-0.3, -0.25) is 47.9 Å². The highest BCUT2D eigenvalue weighted by Gasteiger charge is 2.42. The van der Waals surface area contributed by atoms with E-state index in [1.807, 2.05) is 0 Å². The molecule has 0 spiro atoms. The van der Waals surface area contributed by atoms with Crippen molar-refractivity contribution in [2.75, 3.05) is 13.1 Å². The van der Waals surface area contributed by atoms with Crippen molar-refractivity contribution in [3.05, 3.63) is 48.0 Å². The number of hydrogen-bond acceptors (Lipinski definition) is 13. The van der Waals surface area contributed by atoms with Crippen molar-refractivity contribution in [3.8, 4) is 5.75 Å². The number of imidazole rings is 1. The predicted octanol–water partition coefficient (Wildman–Crippen LogP) is -0.708. The van der Waals surface area contributed by atoms with Gasteiger partial charge in [0.2, 0.25) is 59.1 Å². The summed E-state index contributed by atoms with van der Waals surface area (Å²) in [6.45, 7) is 14.0. The molecule has 80 heavy (non-hydrogen) atoms. The number of aromatic hydroxyl groups is 1. The second-order valence-electron chi connectivity index (χ2n) is 21.2. The van der Waals surface area contributed by atoms with E-state index in [9.17, 15) is 57.8 Å². The summed E-state index contributed by atoms with van der Waals surface area (Å²) in [5.74, 6) is -10.7. The van der Waals surface area contributed by atoms with Crippen molar-refractivity contribution in [2.45, 2.75) is 180 Å². The summed E-state index contributed by atoms with van der Waals surface area (Å²) in [4.78, 5) is 163. The second-order valence-corrected chi connectivity index (χ2v) is 21.2. The molecule has 0 saturated carbocycles. The summed E-state index contributed by atoms with van der Waals surface area (Å²) < 4.78 is 0. The predicted molar refractivity (Wildman–Crippen MR) is 293 cm³/mol. The van der Waals surface area contributed by atoms with Crippen molar-refractivity contribution >= 4 is 65.1 Å². The summed E-state index contributed by atoms with van der Waals surface area (Å²) >= 11 is 0. The minimum atomic E-state index is -1.71. The van der Waals surface area contributed by atoms with E-state index < -0.39 is 150 Å². The molecule has 2 fully saturated rings. The Hall–Kier alpha value is -7.80. The Morgan fingerprint density at radius 1 is 0.613 bits per heavy atom. The Labute approximate surface area is 466 Å². The number of aromatic amines is 1. The number of phenolic OH excluding ortho intramolecular Hbond substituents is 1. The molecular weight excluding hydrogens is 1040 g/mol. The zero-order valence-electron chi connectivity index (χ0n) is 47.1. The van der Waals surface area contributed by atoms with Crippen LogP contribution in [0.25, 0.3) is 0 Å². The van der Waals surface area contributed by atoms with Gasteiger partial charge in [-0.15, -0.1) is 0 Å². The minimum absolute atomic E-state index is 0.0349. The third kappa shape index (κ3) is 18.7. The molecule has 1 aromatic heterocycles. The van der Waals surface area contributed by atoms with Crippen LogP contribution in [-0.2, 0) is 60.8 Å².